The molecule has 0 aromatic heterocycles. The summed E-state index contributed by atoms with van der Waals surface area (Å²) in [5, 5.41) is 5.88. The van der Waals surface area contributed by atoms with Crippen LogP contribution in [0.1, 0.15) is 39.3 Å². The van der Waals surface area contributed by atoms with Gasteiger partial charge in [0.25, 0.3) is 0 Å². The number of hydrogen-bond donors (Lipinski definition) is 2. The fraction of sp³-hybridized carbons (Fsp3) is 0.375. The van der Waals surface area contributed by atoms with Gasteiger partial charge < -0.3 is 15.4 Å². The maximum absolute atomic E-state index is 12.5. The van der Waals surface area contributed by atoms with Gasteiger partial charge in [-0.15, -0.1) is 0 Å². The summed E-state index contributed by atoms with van der Waals surface area (Å²) in [5.41, 5.74) is 0.951. The van der Waals surface area contributed by atoms with Gasteiger partial charge in [0.2, 0.25) is 0 Å². The van der Waals surface area contributed by atoms with Gasteiger partial charge in [0.1, 0.15) is 5.60 Å². The van der Waals surface area contributed by atoms with Crippen molar-refractivity contribution in [3.63, 3.8) is 0 Å². The first-order valence-corrected chi connectivity index (χ1v) is 7.32. The largest absolute Gasteiger partial charge is 0.456 e. The molecule has 1 aromatic rings. The summed E-state index contributed by atoms with van der Waals surface area (Å²) < 4.78 is 5.44. The molecule has 1 unspecified atom stereocenters. The van der Waals surface area contributed by atoms with Crippen LogP contribution in [0.4, 0.5) is 4.79 Å². The van der Waals surface area contributed by atoms with Gasteiger partial charge in [-0.1, -0.05) is 23.7 Å². The number of amides is 2. The summed E-state index contributed by atoms with van der Waals surface area (Å²) in [6, 6.07) is 6.07. The second-order valence-corrected chi connectivity index (χ2v) is 6.56. The van der Waals surface area contributed by atoms with Crippen LogP contribution in [0.2, 0.25) is 5.02 Å². The molecule has 2 amide bonds. The number of esters is 1. The highest BCUT2D eigenvalue weighted by Crippen LogP contribution is 2.30. The van der Waals surface area contributed by atoms with E-state index in [1.54, 1.807) is 52.0 Å². The van der Waals surface area contributed by atoms with Gasteiger partial charge in [-0.2, -0.15) is 0 Å². The molecule has 6 heteroatoms. The van der Waals surface area contributed by atoms with Crippen molar-refractivity contribution in [1.29, 1.82) is 0 Å². The standard InChI is InChI=1S/C16H19ClN2O3/c1-9-12(14(20)22-16(2,3)4)13(19-15(21)18-9)10-6-5-7-11(17)8-10/h5-8,13H,1-4H3,(H2,18,19,21). The Balaban J connectivity index is 2.43. The SMILES string of the molecule is CC1=C(C(=O)OC(C)(C)C)C(c2cccc(Cl)c2)NC(=O)N1. The number of rotatable bonds is 2. The molecule has 0 spiro atoms. The molecule has 0 radical (unpaired) electrons. The third-order valence-electron chi connectivity index (χ3n) is 3.07. The van der Waals surface area contributed by atoms with Crippen LogP contribution in [0.15, 0.2) is 35.5 Å². The number of benzene rings is 1. The Kier molecular flexibility index (Phi) is 4.47. The Hall–Kier alpha value is -2.01. The number of hydrogen-bond acceptors (Lipinski definition) is 3. The average Bonchev–Trinajstić information content (AvgIpc) is 2.35. The van der Waals surface area contributed by atoms with Crippen LogP contribution >= 0.6 is 11.6 Å². The lowest BCUT2D eigenvalue weighted by Gasteiger charge is -2.30. The molecule has 0 saturated carbocycles. The molecule has 2 N–H and O–H groups in total. The van der Waals surface area contributed by atoms with Gasteiger partial charge in [0.15, 0.2) is 0 Å². The number of urea groups is 1. The van der Waals surface area contributed by atoms with Crippen LogP contribution in [-0.4, -0.2) is 17.6 Å². The molecular weight excluding hydrogens is 304 g/mol. The molecule has 2 rings (SSSR count). The molecule has 1 aliphatic rings. The molecular formula is C16H19ClN2O3. The van der Waals surface area contributed by atoms with E-state index < -0.39 is 17.6 Å². The maximum atomic E-state index is 12.5. The summed E-state index contributed by atoms with van der Waals surface area (Å²) in [7, 11) is 0. The predicted molar refractivity (Wildman–Crippen MR) is 84.4 cm³/mol. The van der Waals surface area contributed by atoms with E-state index in [-0.39, 0.29) is 6.03 Å². The van der Waals surface area contributed by atoms with E-state index in [1.165, 1.54) is 0 Å². The summed E-state index contributed by atoms with van der Waals surface area (Å²) in [6.07, 6.45) is 0. The number of carbonyl (C=O) groups is 2. The fourth-order valence-corrected chi connectivity index (χ4v) is 2.43. The number of nitrogens with one attached hydrogen (secondary N) is 2. The smallest absolute Gasteiger partial charge is 0.338 e. The highest BCUT2D eigenvalue weighted by atomic mass is 35.5. The summed E-state index contributed by atoms with van der Waals surface area (Å²) >= 11 is 6.01. The number of halogens is 1. The average molecular weight is 323 g/mol. The second-order valence-electron chi connectivity index (χ2n) is 6.13. The Morgan fingerprint density at radius 1 is 1.32 bits per heavy atom. The maximum Gasteiger partial charge on any atom is 0.338 e. The van der Waals surface area contributed by atoms with Crippen molar-refractivity contribution in [3.8, 4) is 0 Å². The van der Waals surface area contributed by atoms with Gasteiger partial charge in [-0.25, -0.2) is 9.59 Å². The molecule has 0 bridgehead atoms. The Morgan fingerprint density at radius 2 is 2.00 bits per heavy atom. The second kappa shape index (κ2) is 6.01. The van der Waals surface area contributed by atoms with Crippen molar-refractivity contribution in [2.24, 2.45) is 0 Å². The third-order valence-corrected chi connectivity index (χ3v) is 3.31. The number of ether oxygens (including phenoxy) is 1. The van der Waals surface area contributed by atoms with Crippen LogP contribution in [-0.2, 0) is 9.53 Å². The van der Waals surface area contributed by atoms with E-state index >= 15 is 0 Å². The zero-order valence-corrected chi connectivity index (χ0v) is 13.7. The summed E-state index contributed by atoms with van der Waals surface area (Å²) in [5.74, 6) is -0.470. The van der Waals surface area contributed by atoms with Crippen LogP contribution in [0.5, 0.6) is 0 Å². The molecule has 118 valence electrons. The zero-order valence-electron chi connectivity index (χ0n) is 13.0. The third kappa shape index (κ3) is 3.80. The van der Waals surface area contributed by atoms with Gasteiger partial charge in [0, 0.05) is 10.7 Å². The number of carbonyl (C=O) groups excluding carboxylic acids is 2. The number of allylic oxidation sites excluding steroid dienone is 1. The van der Waals surface area contributed by atoms with Crippen molar-refractivity contribution < 1.29 is 14.3 Å². The minimum Gasteiger partial charge on any atom is -0.456 e. The van der Waals surface area contributed by atoms with Crippen LogP contribution in [0.3, 0.4) is 0 Å². The van der Waals surface area contributed by atoms with E-state index in [4.69, 9.17) is 16.3 Å². The molecule has 1 heterocycles. The lowest BCUT2D eigenvalue weighted by Crippen LogP contribution is -2.46. The molecule has 0 fully saturated rings. The molecule has 1 atom stereocenters. The van der Waals surface area contributed by atoms with Crippen LogP contribution in [0.25, 0.3) is 0 Å². The van der Waals surface area contributed by atoms with Gasteiger partial charge in [-0.3, -0.25) is 0 Å². The van der Waals surface area contributed by atoms with E-state index in [2.05, 4.69) is 10.6 Å². The zero-order chi connectivity index (χ0) is 16.5. The predicted octanol–water partition coefficient (Wildman–Crippen LogP) is 3.31. The molecule has 1 aromatic carbocycles. The minimum atomic E-state index is -0.620. The summed E-state index contributed by atoms with van der Waals surface area (Å²) in [4.78, 5) is 24.2. The molecule has 0 aliphatic carbocycles. The molecule has 5 nitrogen and oxygen atoms in total. The van der Waals surface area contributed by atoms with Crippen molar-refractivity contribution in [2.45, 2.75) is 39.3 Å². The van der Waals surface area contributed by atoms with E-state index in [0.29, 0.717) is 16.3 Å². The van der Waals surface area contributed by atoms with Gasteiger partial charge in [0.05, 0.1) is 11.6 Å². The van der Waals surface area contributed by atoms with Crippen LogP contribution < -0.4 is 10.6 Å². The van der Waals surface area contributed by atoms with Gasteiger partial charge >= 0.3 is 12.0 Å². The van der Waals surface area contributed by atoms with Gasteiger partial charge in [-0.05, 0) is 45.4 Å². The summed E-state index contributed by atoms with van der Waals surface area (Å²) in [6.45, 7) is 7.06. The first kappa shape index (κ1) is 16.4. The minimum absolute atomic E-state index is 0.366. The van der Waals surface area contributed by atoms with E-state index in [1.807, 2.05) is 0 Å². The van der Waals surface area contributed by atoms with Crippen molar-refractivity contribution >= 4 is 23.6 Å². The Labute approximate surface area is 134 Å². The van der Waals surface area contributed by atoms with Crippen LogP contribution in [0, 0.1) is 0 Å². The Morgan fingerprint density at radius 3 is 2.59 bits per heavy atom. The monoisotopic (exact) mass is 322 g/mol. The van der Waals surface area contributed by atoms with Crippen molar-refractivity contribution in [1.82, 2.24) is 10.6 Å². The highest BCUT2D eigenvalue weighted by molar-refractivity contribution is 6.30. The van der Waals surface area contributed by atoms with Crippen molar-refractivity contribution in [2.75, 3.05) is 0 Å². The van der Waals surface area contributed by atoms with Crippen molar-refractivity contribution in [3.05, 3.63) is 46.1 Å². The molecule has 22 heavy (non-hydrogen) atoms. The lowest BCUT2D eigenvalue weighted by molar-refractivity contribution is -0.150. The first-order chi connectivity index (χ1) is 10.2. The first-order valence-electron chi connectivity index (χ1n) is 6.94. The molecule has 0 saturated heterocycles. The lowest BCUT2D eigenvalue weighted by atomic mass is 9.95. The normalized spacial score (nSPS) is 18.6. The van der Waals surface area contributed by atoms with E-state index in [9.17, 15) is 9.59 Å². The quantitative estimate of drug-likeness (QED) is 0.821. The molecule has 1 aliphatic heterocycles. The highest BCUT2D eigenvalue weighted by Gasteiger charge is 2.33. The van der Waals surface area contributed by atoms with E-state index in [0.717, 1.165) is 5.56 Å². The Bertz CT molecular complexity index is 647. The fourth-order valence-electron chi connectivity index (χ4n) is 2.23. The topological polar surface area (TPSA) is 67.4 Å².